The summed E-state index contributed by atoms with van der Waals surface area (Å²) in [6.45, 7) is 6.04. The molecule has 1 fully saturated rings. The van der Waals surface area contributed by atoms with Gasteiger partial charge in [-0.3, -0.25) is 4.79 Å². The van der Waals surface area contributed by atoms with E-state index in [0.717, 1.165) is 13.1 Å². The lowest BCUT2D eigenvalue weighted by Gasteiger charge is -2.11. The summed E-state index contributed by atoms with van der Waals surface area (Å²) in [6, 6.07) is 0. The van der Waals surface area contributed by atoms with Crippen LogP contribution in [0.15, 0.2) is 0 Å². The fraction of sp³-hybridized carbons (Fsp3) is 0.800. The molecular weight excluding hydrogens is 237 g/mol. The highest BCUT2D eigenvalue weighted by atomic mass is 19.5. The van der Waals surface area contributed by atoms with E-state index in [1.807, 2.05) is 0 Å². The Morgan fingerprint density at radius 1 is 1.06 bits per heavy atom. The molecule has 1 aliphatic heterocycles. The number of carbonyl (C=O) groups is 1. The van der Waals surface area contributed by atoms with Crippen molar-refractivity contribution in [3.05, 3.63) is 0 Å². The number of piperidine rings is 1. The number of ketones is 1. The number of hydrogen-bond donors (Lipinski definition) is 0. The van der Waals surface area contributed by atoms with Gasteiger partial charge in [-0.2, -0.15) is 0 Å². The molecule has 7 heteroatoms. The van der Waals surface area contributed by atoms with Gasteiger partial charge in [0.05, 0.1) is 6.42 Å². The predicted octanol–water partition coefficient (Wildman–Crippen LogP) is 2.92. The normalized spacial score (nSPS) is 16.0. The first-order valence-electron chi connectivity index (χ1n) is 5.64. The zero-order chi connectivity index (χ0) is 13.5. The van der Waals surface area contributed by atoms with Crippen LogP contribution < -0.4 is 0 Å². The topological polar surface area (TPSA) is 20.1 Å². The lowest BCUT2D eigenvalue weighted by atomic mass is 10.1. The standard InChI is InChI=1S/C10H18NO.BF4/c1-9(8-10(2)12)11-6-4-3-5-7-11;2-1(3,4)5/h3-8H2,1-2H3;/q+1;-1. The van der Waals surface area contributed by atoms with E-state index in [2.05, 4.69) is 11.5 Å². The van der Waals surface area contributed by atoms with Gasteiger partial charge >= 0.3 is 7.25 Å². The third-order valence-electron chi connectivity index (χ3n) is 2.40. The van der Waals surface area contributed by atoms with Crippen LogP contribution in [-0.4, -0.2) is 36.4 Å². The summed E-state index contributed by atoms with van der Waals surface area (Å²) in [5, 5.41) is 0. The zero-order valence-electron chi connectivity index (χ0n) is 10.2. The van der Waals surface area contributed by atoms with Gasteiger partial charge in [0, 0.05) is 19.8 Å². The Morgan fingerprint density at radius 2 is 1.47 bits per heavy atom. The van der Waals surface area contributed by atoms with Crippen LogP contribution >= 0.6 is 0 Å². The number of hydrogen-bond acceptors (Lipinski definition) is 1. The maximum atomic E-state index is 10.8. The molecule has 0 spiro atoms. The lowest BCUT2D eigenvalue weighted by Crippen LogP contribution is -2.26. The minimum absolute atomic E-state index is 0.276. The number of nitrogens with zero attached hydrogens (tertiary/aromatic N) is 1. The average molecular weight is 255 g/mol. The zero-order valence-corrected chi connectivity index (χ0v) is 10.2. The fourth-order valence-electron chi connectivity index (χ4n) is 1.75. The second-order valence-electron chi connectivity index (χ2n) is 4.16. The molecule has 17 heavy (non-hydrogen) atoms. The van der Waals surface area contributed by atoms with Crippen LogP contribution in [0.5, 0.6) is 0 Å². The highest BCUT2D eigenvalue weighted by Gasteiger charge is 2.20. The maximum Gasteiger partial charge on any atom is 0.673 e. The Balaban J connectivity index is 0.000000437. The molecule has 0 N–H and O–H groups in total. The van der Waals surface area contributed by atoms with E-state index in [1.165, 1.54) is 25.0 Å². The van der Waals surface area contributed by atoms with Crippen LogP contribution in [0.3, 0.4) is 0 Å². The Kier molecular flexibility index (Phi) is 7.07. The highest BCUT2D eigenvalue weighted by Crippen LogP contribution is 2.06. The first kappa shape index (κ1) is 16.1. The summed E-state index contributed by atoms with van der Waals surface area (Å²) in [7, 11) is -6.00. The van der Waals surface area contributed by atoms with Crippen molar-refractivity contribution < 1.29 is 26.6 Å². The van der Waals surface area contributed by atoms with Crippen molar-refractivity contribution in [1.29, 1.82) is 0 Å². The summed E-state index contributed by atoms with van der Waals surface area (Å²) in [5.41, 5.74) is 1.25. The van der Waals surface area contributed by atoms with Crippen LogP contribution in [0.25, 0.3) is 0 Å². The van der Waals surface area contributed by atoms with Gasteiger partial charge < -0.3 is 17.3 Å². The van der Waals surface area contributed by atoms with Crippen molar-refractivity contribution in [2.75, 3.05) is 13.1 Å². The molecule has 1 saturated heterocycles. The molecule has 0 amide bonds. The van der Waals surface area contributed by atoms with Crippen molar-refractivity contribution in [2.45, 2.75) is 39.5 Å². The van der Waals surface area contributed by atoms with E-state index in [9.17, 15) is 22.1 Å². The summed E-state index contributed by atoms with van der Waals surface area (Å²) >= 11 is 0. The van der Waals surface area contributed by atoms with E-state index in [4.69, 9.17) is 0 Å². The van der Waals surface area contributed by atoms with Crippen molar-refractivity contribution in [2.24, 2.45) is 0 Å². The van der Waals surface area contributed by atoms with Gasteiger partial charge in [0.25, 0.3) is 0 Å². The highest BCUT2D eigenvalue weighted by molar-refractivity contribution is 6.50. The van der Waals surface area contributed by atoms with Gasteiger partial charge in [-0.15, -0.1) is 0 Å². The maximum absolute atomic E-state index is 10.8. The number of carbonyl (C=O) groups excluding carboxylic acids is 1. The monoisotopic (exact) mass is 255 g/mol. The van der Waals surface area contributed by atoms with Crippen LogP contribution in [0.4, 0.5) is 17.3 Å². The van der Waals surface area contributed by atoms with Crippen LogP contribution in [0, 0.1) is 0 Å². The van der Waals surface area contributed by atoms with E-state index in [1.54, 1.807) is 6.92 Å². The number of rotatable bonds is 2. The van der Waals surface area contributed by atoms with Crippen molar-refractivity contribution >= 4 is 18.7 Å². The molecule has 100 valence electrons. The molecule has 1 heterocycles. The van der Waals surface area contributed by atoms with Gasteiger partial charge in [-0.1, -0.05) is 0 Å². The summed E-state index contributed by atoms with van der Waals surface area (Å²) < 4.78 is 41.4. The van der Waals surface area contributed by atoms with Crippen molar-refractivity contribution in [1.82, 2.24) is 0 Å². The van der Waals surface area contributed by atoms with Gasteiger partial charge in [-0.25, -0.2) is 4.58 Å². The van der Waals surface area contributed by atoms with E-state index < -0.39 is 7.25 Å². The Labute approximate surface area is 98.8 Å². The SMILES string of the molecule is CC(=O)CC(C)=[N+]1CCCCC1.F[B-](F)(F)F. The van der Waals surface area contributed by atoms with E-state index in [0.29, 0.717) is 6.42 Å². The van der Waals surface area contributed by atoms with Crippen LogP contribution in [-0.2, 0) is 4.79 Å². The molecule has 0 aliphatic carbocycles. The largest absolute Gasteiger partial charge is 0.673 e. The van der Waals surface area contributed by atoms with Gasteiger partial charge in [0.1, 0.15) is 18.9 Å². The third-order valence-corrected chi connectivity index (χ3v) is 2.40. The first-order valence-corrected chi connectivity index (χ1v) is 5.64. The minimum Gasteiger partial charge on any atom is -0.418 e. The van der Waals surface area contributed by atoms with Crippen LogP contribution in [0.2, 0.25) is 0 Å². The molecular formula is C10H18BF4NO. The summed E-state index contributed by atoms with van der Waals surface area (Å²) in [5.74, 6) is 0.276. The van der Waals surface area contributed by atoms with Gasteiger partial charge in [0.15, 0.2) is 5.71 Å². The molecule has 1 rings (SSSR count). The Hall–Kier alpha value is -0.875. The third kappa shape index (κ3) is 11.4. The molecule has 0 aromatic rings. The van der Waals surface area contributed by atoms with Crippen LogP contribution in [0.1, 0.15) is 39.5 Å². The molecule has 0 atom stereocenters. The second-order valence-corrected chi connectivity index (χ2v) is 4.16. The van der Waals surface area contributed by atoms with Crippen molar-refractivity contribution in [3.8, 4) is 0 Å². The number of Topliss-reactive ketones (excluding diaryl/α,β-unsaturated/α-hetero) is 1. The van der Waals surface area contributed by atoms with Gasteiger partial charge in [-0.05, 0) is 13.3 Å². The lowest BCUT2D eigenvalue weighted by molar-refractivity contribution is -0.538. The first-order chi connectivity index (χ1) is 7.70. The smallest absolute Gasteiger partial charge is 0.418 e. The summed E-state index contributed by atoms with van der Waals surface area (Å²) in [4.78, 5) is 10.8. The molecule has 0 saturated carbocycles. The minimum atomic E-state index is -6.00. The molecule has 0 radical (unpaired) electrons. The Morgan fingerprint density at radius 3 is 1.82 bits per heavy atom. The predicted molar refractivity (Wildman–Crippen MR) is 60.0 cm³/mol. The molecule has 1 aliphatic rings. The average Bonchev–Trinajstić information content (AvgIpc) is 2.15. The number of halogens is 4. The van der Waals surface area contributed by atoms with E-state index in [-0.39, 0.29) is 5.78 Å². The molecule has 2 nitrogen and oxygen atoms in total. The second kappa shape index (κ2) is 7.45. The molecule has 0 aromatic carbocycles. The fourth-order valence-corrected chi connectivity index (χ4v) is 1.75. The van der Waals surface area contributed by atoms with E-state index >= 15 is 0 Å². The molecule has 0 aromatic heterocycles. The molecule has 0 bridgehead atoms. The summed E-state index contributed by atoms with van der Waals surface area (Å²) in [6.07, 6.45) is 4.56. The van der Waals surface area contributed by atoms with Crippen molar-refractivity contribution in [3.63, 3.8) is 0 Å². The van der Waals surface area contributed by atoms with Gasteiger partial charge in [0.2, 0.25) is 0 Å². The Bertz CT molecular complexity index is 275. The quantitative estimate of drug-likeness (QED) is 0.422. The molecule has 0 unspecified atom stereocenters.